The lowest BCUT2D eigenvalue weighted by atomic mass is 10.2. The van der Waals surface area contributed by atoms with E-state index in [-0.39, 0.29) is 34.0 Å². The molecule has 0 unspecified atom stereocenters. The maximum Gasteiger partial charge on any atom is 0.405 e. The standard InChI is InChI=1S/C29H31F3N8O4S/c1-3-40-27(43)22(45-28(40)21(15-33)26(42)35-18-29(30,31)32)16-34-23-5-4-6-24(36-23)37-25(41)17-38-11-13-39(14-12-38)19-7-9-20(44-2)10-8-19/h4-10,16H,3,11-14,17-18H2,1-2H3,(H,35,42)(H2,34,36,37,41)/b22-16+,28-21-. The van der Waals surface area contributed by atoms with Gasteiger partial charge in [0.1, 0.15) is 39.2 Å². The molecule has 0 bridgehead atoms. The Morgan fingerprint density at radius 1 is 1.11 bits per heavy atom. The Bertz CT molecular complexity index is 1740. The van der Waals surface area contributed by atoms with Crippen LogP contribution in [0.5, 0.6) is 5.75 Å². The van der Waals surface area contributed by atoms with Crippen LogP contribution in [0, 0.1) is 11.3 Å². The fraction of sp³-hybridized carbons (Fsp3) is 0.345. The molecule has 2 amide bonds. The van der Waals surface area contributed by atoms with E-state index in [1.165, 1.54) is 6.20 Å². The Labute approximate surface area is 260 Å². The number of benzene rings is 1. The summed E-state index contributed by atoms with van der Waals surface area (Å²) >= 11 is 0.778. The second-order valence-electron chi connectivity index (χ2n) is 9.81. The van der Waals surface area contributed by atoms with Crippen LogP contribution < -0.4 is 40.3 Å². The lowest BCUT2D eigenvalue weighted by Gasteiger charge is -2.35. The highest BCUT2D eigenvalue weighted by molar-refractivity contribution is 7.07. The zero-order chi connectivity index (χ0) is 32.6. The second kappa shape index (κ2) is 14.7. The zero-order valence-corrected chi connectivity index (χ0v) is 25.3. The van der Waals surface area contributed by atoms with Crippen molar-refractivity contribution in [3.63, 3.8) is 0 Å². The number of anilines is 3. The quantitative estimate of drug-likeness (QED) is 0.298. The van der Waals surface area contributed by atoms with Gasteiger partial charge in [0.15, 0.2) is 5.57 Å². The average molecular weight is 645 g/mol. The predicted octanol–water partition coefficient (Wildman–Crippen LogP) is 1.30. The molecule has 238 valence electrons. The molecular formula is C29H31F3N8O4S. The molecule has 45 heavy (non-hydrogen) atoms. The van der Waals surface area contributed by atoms with Crippen molar-refractivity contribution in [2.45, 2.75) is 19.6 Å². The van der Waals surface area contributed by atoms with E-state index in [0.717, 1.165) is 40.4 Å². The van der Waals surface area contributed by atoms with E-state index >= 15 is 0 Å². The molecule has 0 spiro atoms. The van der Waals surface area contributed by atoms with Gasteiger partial charge in [-0.25, -0.2) is 4.98 Å². The van der Waals surface area contributed by atoms with Crippen LogP contribution in [-0.2, 0) is 16.1 Å². The molecule has 0 atom stereocenters. The summed E-state index contributed by atoms with van der Waals surface area (Å²) in [6.07, 6.45) is -3.34. The van der Waals surface area contributed by atoms with Crippen molar-refractivity contribution in [2.24, 2.45) is 0 Å². The van der Waals surface area contributed by atoms with Gasteiger partial charge < -0.3 is 25.6 Å². The van der Waals surface area contributed by atoms with E-state index in [1.54, 1.807) is 43.6 Å². The Balaban J connectivity index is 1.39. The maximum absolute atomic E-state index is 12.9. The molecule has 0 saturated carbocycles. The molecule has 16 heteroatoms. The van der Waals surface area contributed by atoms with E-state index < -0.39 is 29.8 Å². The smallest absolute Gasteiger partial charge is 0.405 e. The van der Waals surface area contributed by atoms with Crippen molar-refractivity contribution < 1.29 is 27.5 Å². The fourth-order valence-corrected chi connectivity index (χ4v) is 5.61. The second-order valence-corrected chi connectivity index (χ2v) is 10.8. The summed E-state index contributed by atoms with van der Waals surface area (Å²) in [6, 6.07) is 14.3. The number of carbonyl (C=O) groups excluding carboxylic acids is 2. The van der Waals surface area contributed by atoms with Gasteiger partial charge in [0, 0.05) is 44.6 Å². The van der Waals surface area contributed by atoms with Crippen LogP contribution in [0.25, 0.3) is 11.8 Å². The molecule has 1 aromatic carbocycles. The number of halogens is 3. The van der Waals surface area contributed by atoms with Crippen LogP contribution in [0.2, 0.25) is 0 Å². The number of nitrogens with one attached hydrogen (secondary N) is 3. The van der Waals surface area contributed by atoms with Crippen molar-refractivity contribution in [2.75, 3.05) is 61.9 Å². The first-order chi connectivity index (χ1) is 21.5. The molecule has 12 nitrogen and oxygen atoms in total. The minimum Gasteiger partial charge on any atom is -0.497 e. The summed E-state index contributed by atoms with van der Waals surface area (Å²) < 4.78 is 44.0. The number of hydrogen-bond donors (Lipinski definition) is 3. The van der Waals surface area contributed by atoms with Gasteiger partial charge in [0.2, 0.25) is 5.91 Å². The number of thiazole rings is 1. The molecule has 3 heterocycles. The number of carbonyl (C=O) groups is 2. The van der Waals surface area contributed by atoms with E-state index in [9.17, 15) is 32.8 Å². The third kappa shape index (κ3) is 8.83. The molecule has 1 aliphatic rings. The molecule has 1 saturated heterocycles. The third-order valence-electron chi connectivity index (χ3n) is 6.77. The summed E-state index contributed by atoms with van der Waals surface area (Å²) in [5.41, 5.74) is -0.0570. The topological polar surface area (TPSA) is 145 Å². The number of alkyl halides is 3. The van der Waals surface area contributed by atoms with Crippen LogP contribution in [0.4, 0.5) is 30.5 Å². The van der Waals surface area contributed by atoms with E-state index in [2.05, 4.69) is 20.5 Å². The number of nitrogens with zero attached hydrogens (tertiary/aromatic N) is 5. The lowest BCUT2D eigenvalue weighted by Crippen LogP contribution is -2.48. The van der Waals surface area contributed by atoms with Gasteiger partial charge >= 0.3 is 6.18 Å². The molecule has 1 aliphatic heterocycles. The fourth-order valence-electron chi connectivity index (χ4n) is 4.52. The third-order valence-corrected chi connectivity index (χ3v) is 7.90. The Kier molecular flexibility index (Phi) is 10.8. The zero-order valence-electron chi connectivity index (χ0n) is 24.5. The van der Waals surface area contributed by atoms with Crippen molar-refractivity contribution >= 4 is 52.2 Å². The first-order valence-electron chi connectivity index (χ1n) is 13.8. The largest absolute Gasteiger partial charge is 0.497 e. The highest BCUT2D eigenvalue weighted by Crippen LogP contribution is 2.20. The normalized spacial score (nSPS) is 14.8. The molecule has 3 N–H and O–H groups in total. The van der Waals surface area contributed by atoms with Crippen molar-refractivity contribution in [1.29, 1.82) is 5.26 Å². The van der Waals surface area contributed by atoms with Crippen molar-refractivity contribution in [1.82, 2.24) is 19.8 Å². The molecule has 0 aliphatic carbocycles. The van der Waals surface area contributed by atoms with Crippen LogP contribution >= 0.6 is 11.3 Å². The predicted molar refractivity (Wildman–Crippen MR) is 164 cm³/mol. The first-order valence-corrected chi connectivity index (χ1v) is 14.7. The summed E-state index contributed by atoms with van der Waals surface area (Å²) in [7, 11) is 1.62. The molecule has 1 fully saturated rings. The minimum atomic E-state index is -4.66. The lowest BCUT2D eigenvalue weighted by molar-refractivity contribution is -0.135. The van der Waals surface area contributed by atoms with Gasteiger partial charge in [-0.3, -0.25) is 23.9 Å². The highest BCUT2D eigenvalue weighted by atomic mass is 32.1. The summed E-state index contributed by atoms with van der Waals surface area (Å²) in [5.74, 6) is -0.0964. The van der Waals surface area contributed by atoms with E-state index in [0.29, 0.717) is 18.9 Å². The number of amides is 2. The number of pyridine rings is 1. The number of nitriles is 1. The van der Waals surface area contributed by atoms with Gasteiger partial charge in [-0.05, 0) is 43.3 Å². The summed E-state index contributed by atoms with van der Waals surface area (Å²) in [6.45, 7) is 3.20. The average Bonchev–Trinajstić information content (AvgIpc) is 3.34. The Hall–Kier alpha value is -4.88. The van der Waals surface area contributed by atoms with Crippen molar-refractivity contribution in [3.05, 3.63) is 62.0 Å². The van der Waals surface area contributed by atoms with Crippen molar-refractivity contribution in [3.8, 4) is 11.8 Å². The van der Waals surface area contributed by atoms with Crippen LogP contribution in [0.15, 0.2) is 47.3 Å². The summed E-state index contributed by atoms with van der Waals surface area (Å²) in [4.78, 5) is 46.6. The Morgan fingerprint density at radius 3 is 2.42 bits per heavy atom. The molecule has 0 radical (unpaired) electrons. The van der Waals surface area contributed by atoms with Crippen LogP contribution in [0.3, 0.4) is 0 Å². The minimum absolute atomic E-state index is 0.0727. The van der Waals surface area contributed by atoms with E-state index in [1.807, 2.05) is 29.2 Å². The molecule has 4 rings (SSSR count). The van der Waals surface area contributed by atoms with Crippen LogP contribution in [-0.4, -0.2) is 78.8 Å². The number of methoxy groups -OCH3 is 1. The Morgan fingerprint density at radius 2 is 1.80 bits per heavy atom. The first kappa shape index (κ1) is 33.0. The molecular weight excluding hydrogens is 613 g/mol. The summed E-state index contributed by atoms with van der Waals surface area (Å²) in [5, 5.41) is 16.8. The highest BCUT2D eigenvalue weighted by Gasteiger charge is 2.29. The maximum atomic E-state index is 12.9. The van der Waals surface area contributed by atoms with Gasteiger partial charge in [-0.15, -0.1) is 11.3 Å². The number of aromatic nitrogens is 2. The van der Waals surface area contributed by atoms with Gasteiger partial charge in [0.25, 0.3) is 11.5 Å². The van der Waals surface area contributed by atoms with Gasteiger partial charge in [-0.1, -0.05) is 6.07 Å². The van der Waals surface area contributed by atoms with Gasteiger partial charge in [-0.2, -0.15) is 18.4 Å². The number of rotatable bonds is 10. The number of ether oxygens (including phenoxy) is 1. The number of piperazine rings is 1. The molecule has 3 aromatic rings. The number of hydrogen-bond acceptors (Lipinski definition) is 10. The van der Waals surface area contributed by atoms with Crippen LogP contribution in [0.1, 0.15) is 6.92 Å². The monoisotopic (exact) mass is 644 g/mol. The SMILES string of the molecule is CCn1c(=O)/c(=C\Nc2cccc(NC(=O)CN3CCN(c4ccc(OC)cc4)CC3)n2)s/c1=C(/C#N)C(=O)NCC(F)(F)F. The molecule has 2 aromatic heterocycles. The van der Waals surface area contributed by atoms with E-state index in [4.69, 9.17) is 4.74 Å². The van der Waals surface area contributed by atoms with Gasteiger partial charge in [0.05, 0.1) is 13.7 Å².